The molecule has 0 bridgehead atoms. The van der Waals surface area contributed by atoms with E-state index in [1.807, 2.05) is 12.1 Å². The molecule has 1 aliphatic carbocycles. The number of carbonyl (C=O) groups excluding carboxylic acids is 2. The van der Waals surface area contributed by atoms with E-state index in [9.17, 15) is 14.0 Å². The second-order valence-electron chi connectivity index (χ2n) is 5.77. The Labute approximate surface area is 147 Å². The molecule has 0 unspecified atom stereocenters. The number of amides is 2. The summed E-state index contributed by atoms with van der Waals surface area (Å²) in [6.07, 6.45) is 1.89. The second-order valence-corrected chi connectivity index (χ2v) is 6.69. The summed E-state index contributed by atoms with van der Waals surface area (Å²) in [6.45, 7) is 0.248. The predicted molar refractivity (Wildman–Crippen MR) is 93.1 cm³/mol. The van der Waals surface area contributed by atoms with Crippen LogP contribution >= 0.6 is 15.9 Å². The molecule has 124 valence electrons. The fraction of sp³-hybridized carbons (Fsp3) is 0.222. The third-order valence-corrected chi connectivity index (χ3v) is 4.26. The highest BCUT2D eigenvalue weighted by atomic mass is 79.9. The third-order valence-electron chi connectivity index (χ3n) is 3.77. The van der Waals surface area contributed by atoms with Gasteiger partial charge in [-0.25, -0.2) is 4.39 Å². The molecule has 3 rings (SSSR count). The lowest BCUT2D eigenvalue weighted by Crippen LogP contribution is -2.24. The van der Waals surface area contributed by atoms with Crippen molar-refractivity contribution in [3.8, 4) is 0 Å². The maximum Gasteiger partial charge on any atom is 0.254 e. The lowest BCUT2D eigenvalue weighted by molar-refractivity contribution is -0.117. The highest BCUT2D eigenvalue weighted by Crippen LogP contribution is 2.30. The molecule has 0 atom stereocenters. The van der Waals surface area contributed by atoms with Gasteiger partial charge >= 0.3 is 0 Å². The van der Waals surface area contributed by atoms with E-state index in [0.29, 0.717) is 10.2 Å². The molecule has 0 aliphatic heterocycles. The van der Waals surface area contributed by atoms with Crippen LogP contribution in [0.15, 0.2) is 46.9 Å². The Hall–Kier alpha value is -2.21. The molecule has 2 N–H and O–H groups in total. The van der Waals surface area contributed by atoms with Gasteiger partial charge < -0.3 is 10.6 Å². The van der Waals surface area contributed by atoms with Gasteiger partial charge in [-0.2, -0.15) is 0 Å². The van der Waals surface area contributed by atoms with Gasteiger partial charge in [-0.05, 0) is 48.7 Å². The van der Waals surface area contributed by atoms with E-state index >= 15 is 0 Å². The summed E-state index contributed by atoms with van der Waals surface area (Å²) in [5.74, 6) is -0.886. The molecule has 1 fully saturated rings. The van der Waals surface area contributed by atoms with Gasteiger partial charge in [0, 0.05) is 22.6 Å². The average molecular weight is 391 g/mol. The highest BCUT2D eigenvalue weighted by Gasteiger charge is 2.29. The molecule has 2 amide bonds. The van der Waals surface area contributed by atoms with Gasteiger partial charge in [0.1, 0.15) is 5.82 Å². The zero-order valence-electron chi connectivity index (χ0n) is 12.8. The smallest absolute Gasteiger partial charge is 0.254 e. The minimum absolute atomic E-state index is 0.0115. The second kappa shape index (κ2) is 7.13. The van der Waals surface area contributed by atoms with Crippen molar-refractivity contribution in [3.63, 3.8) is 0 Å². The molecule has 0 radical (unpaired) electrons. The first-order chi connectivity index (χ1) is 11.5. The van der Waals surface area contributed by atoms with Crippen LogP contribution in [0.5, 0.6) is 0 Å². The van der Waals surface area contributed by atoms with Crippen LogP contribution in [-0.4, -0.2) is 11.8 Å². The quantitative estimate of drug-likeness (QED) is 0.813. The Morgan fingerprint density at radius 1 is 1.17 bits per heavy atom. The van der Waals surface area contributed by atoms with Gasteiger partial charge in [0.2, 0.25) is 5.91 Å². The number of hydrogen-bond acceptors (Lipinski definition) is 2. The minimum atomic E-state index is -0.568. The molecule has 1 saturated carbocycles. The fourth-order valence-corrected chi connectivity index (χ4v) is 2.66. The van der Waals surface area contributed by atoms with Gasteiger partial charge in [0.05, 0.1) is 5.56 Å². The molecule has 0 heterocycles. The number of halogens is 2. The summed E-state index contributed by atoms with van der Waals surface area (Å²) in [4.78, 5) is 23.9. The molecule has 4 nitrogen and oxygen atoms in total. The van der Waals surface area contributed by atoms with Crippen LogP contribution in [0, 0.1) is 11.7 Å². The lowest BCUT2D eigenvalue weighted by atomic mass is 10.1. The molecule has 0 spiro atoms. The highest BCUT2D eigenvalue weighted by molar-refractivity contribution is 9.10. The Balaban J connectivity index is 1.62. The number of carbonyl (C=O) groups is 2. The first-order valence-electron chi connectivity index (χ1n) is 7.66. The van der Waals surface area contributed by atoms with Gasteiger partial charge in [-0.1, -0.05) is 28.1 Å². The van der Waals surface area contributed by atoms with Crippen LogP contribution < -0.4 is 10.6 Å². The topological polar surface area (TPSA) is 58.2 Å². The third kappa shape index (κ3) is 4.20. The first-order valence-corrected chi connectivity index (χ1v) is 8.45. The molecule has 1 aliphatic rings. The maximum atomic E-state index is 13.7. The molecule has 0 aromatic heterocycles. The van der Waals surface area contributed by atoms with Crippen molar-refractivity contribution < 1.29 is 14.0 Å². The van der Waals surface area contributed by atoms with E-state index in [1.165, 1.54) is 18.2 Å². The zero-order chi connectivity index (χ0) is 17.1. The summed E-state index contributed by atoms with van der Waals surface area (Å²) >= 11 is 3.22. The molecule has 2 aromatic carbocycles. The van der Waals surface area contributed by atoms with E-state index in [0.717, 1.165) is 18.4 Å². The van der Waals surface area contributed by atoms with E-state index in [2.05, 4.69) is 26.6 Å². The molecular formula is C18H16BrFN2O2. The lowest BCUT2D eigenvalue weighted by Gasteiger charge is -2.09. The van der Waals surface area contributed by atoms with Gasteiger partial charge in [-0.15, -0.1) is 0 Å². The monoisotopic (exact) mass is 390 g/mol. The van der Waals surface area contributed by atoms with Crippen LogP contribution in [0.3, 0.4) is 0 Å². The zero-order valence-corrected chi connectivity index (χ0v) is 14.4. The molecule has 24 heavy (non-hydrogen) atoms. The van der Waals surface area contributed by atoms with Crippen molar-refractivity contribution in [2.45, 2.75) is 19.4 Å². The number of hydrogen-bond donors (Lipinski definition) is 2. The summed E-state index contributed by atoms with van der Waals surface area (Å²) in [5, 5.41) is 5.55. The van der Waals surface area contributed by atoms with Gasteiger partial charge in [0.25, 0.3) is 5.91 Å². The largest absolute Gasteiger partial charge is 0.348 e. The normalized spacial score (nSPS) is 13.4. The van der Waals surface area contributed by atoms with Crippen molar-refractivity contribution in [2.24, 2.45) is 5.92 Å². The molecule has 6 heteroatoms. The van der Waals surface area contributed by atoms with Gasteiger partial charge in [0.15, 0.2) is 0 Å². The average Bonchev–Trinajstić information content (AvgIpc) is 3.40. The van der Waals surface area contributed by atoms with E-state index in [1.54, 1.807) is 12.1 Å². The van der Waals surface area contributed by atoms with Crippen molar-refractivity contribution in [1.82, 2.24) is 5.32 Å². The summed E-state index contributed by atoms with van der Waals surface area (Å²) in [6, 6.07) is 11.5. The number of rotatable bonds is 5. The Morgan fingerprint density at radius 3 is 2.71 bits per heavy atom. The standard InChI is InChI=1S/C18H16BrFN2O2/c19-13-6-7-16(20)15(9-13)18(24)21-10-11-2-1-3-14(8-11)22-17(23)12-4-5-12/h1-3,6-9,12H,4-5,10H2,(H,21,24)(H,22,23). The minimum Gasteiger partial charge on any atom is -0.348 e. The van der Waals surface area contributed by atoms with E-state index < -0.39 is 11.7 Å². The fourth-order valence-electron chi connectivity index (χ4n) is 2.30. The van der Waals surface area contributed by atoms with Crippen molar-refractivity contribution in [1.29, 1.82) is 0 Å². The number of nitrogens with one attached hydrogen (secondary N) is 2. The summed E-state index contributed by atoms with van der Waals surface area (Å²) < 4.78 is 14.3. The van der Waals surface area contributed by atoms with Crippen LogP contribution in [0.2, 0.25) is 0 Å². The molecule has 0 saturated heterocycles. The van der Waals surface area contributed by atoms with Crippen molar-refractivity contribution in [3.05, 3.63) is 63.9 Å². The maximum absolute atomic E-state index is 13.7. The first kappa shape index (κ1) is 16.6. The van der Waals surface area contributed by atoms with E-state index in [4.69, 9.17) is 0 Å². The SMILES string of the molecule is O=C(NCc1cccc(NC(=O)C2CC2)c1)c1cc(Br)ccc1F. The molecular weight excluding hydrogens is 375 g/mol. The Bertz CT molecular complexity index is 790. The predicted octanol–water partition coefficient (Wildman–Crippen LogP) is 3.87. The van der Waals surface area contributed by atoms with Crippen LogP contribution in [-0.2, 0) is 11.3 Å². The molecule has 2 aromatic rings. The summed E-state index contributed by atoms with van der Waals surface area (Å²) in [5.41, 5.74) is 1.52. The van der Waals surface area contributed by atoms with Crippen molar-refractivity contribution >= 4 is 33.4 Å². The van der Waals surface area contributed by atoms with Crippen LogP contribution in [0.4, 0.5) is 10.1 Å². The van der Waals surface area contributed by atoms with Crippen LogP contribution in [0.1, 0.15) is 28.8 Å². The van der Waals surface area contributed by atoms with Gasteiger partial charge in [-0.3, -0.25) is 9.59 Å². The Kier molecular flexibility index (Phi) is 4.94. The van der Waals surface area contributed by atoms with E-state index in [-0.39, 0.29) is 23.9 Å². The number of benzene rings is 2. The van der Waals surface area contributed by atoms with Crippen molar-refractivity contribution in [2.75, 3.05) is 5.32 Å². The Morgan fingerprint density at radius 2 is 1.96 bits per heavy atom. The summed E-state index contributed by atoms with van der Waals surface area (Å²) in [7, 11) is 0. The van der Waals surface area contributed by atoms with Crippen LogP contribution in [0.25, 0.3) is 0 Å². The number of anilines is 1.